The Balaban J connectivity index is 1.66. The highest BCUT2D eigenvalue weighted by molar-refractivity contribution is 5.14. The Morgan fingerprint density at radius 1 is 1.00 bits per heavy atom. The topological polar surface area (TPSA) is 29.5 Å². The lowest BCUT2D eigenvalue weighted by atomic mass is 9.96. The zero-order valence-corrected chi connectivity index (χ0v) is 11.8. The third-order valence-electron chi connectivity index (χ3n) is 3.95. The van der Waals surface area contributed by atoms with Gasteiger partial charge in [-0.2, -0.15) is 0 Å². The number of aliphatic hydroxyl groups is 1. The lowest BCUT2D eigenvalue weighted by Gasteiger charge is -2.25. The van der Waals surface area contributed by atoms with E-state index in [0.29, 0.717) is 0 Å². The number of benzene rings is 1. The standard InChI is InChI=1S/C17H26O2/c18-16-12-6-1-2-7-13-17(16)19-14-8-11-15-9-4-3-5-10-15/h3-5,9-10,16-18H,1-2,6-8,11-14H2. The van der Waals surface area contributed by atoms with E-state index in [9.17, 15) is 5.11 Å². The summed E-state index contributed by atoms with van der Waals surface area (Å²) < 4.78 is 5.90. The van der Waals surface area contributed by atoms with Crippen molar-refractivity contribution in [1.29, 1.82) is 0 Å². The molecular formula is C17H26O2. The Labute approximate surface area is 116 Å². The lowest BCUT2D eigenvalue weighted by Crippen LogP contribution is -2.30. The minimum Gasteiger partial charge on any atom is -0.390 e. The van der Waals surface area contributed by atoms with E-state index in [2.05, 4.69) is 24.3 Å². The first-order valence-electron chi connectivity index (χ1n) is 7.70. The van der Waals surface area contributed by atoms with Crippen LogP contribution in [0.1, 0.15) is 50.5 Å². The van der Waals surface area contributed by atoms with Crippen molar-refractivity contribution in [3.05, 3.63) is 35.9 Å². The van der Waals surface area contributed by atoms with Crippen molar-refractivity contribution in [3.63, 3.8) is 0 Å². The summed E-state index contributed by atoms with van der Waals surface area (Å²) in [5, 5.41) is 10.1. The van der Waals surface area contributed by atoms with Crippen molar-refractivity contribution in [3.8, 4) is 0 Å². The number of rotatable bonds is 5. The molecule has 2 nitrogen and oxygen atoms in total. The first-order valence-corrected chi connectivity index (χ1v) is 7.70. The molecule has 19 heavy (non-hydrogen) atoms. The van der Waals surface area contributed by atoms with E-state index in [4.69, 9.17) is 4.74 Å². The summed E-state index contributed by atoms with van der Waals surface area (Å²) >= 11 is 0. The van der Waals surface area contributed by atoms with Crippen LogP contribution in [0.2, 0.25) is 0 Å². The van der Waals surface area contributed by atoms with E-state index in [1.54, 1.807) is 0 Å². The van der Waals surface area contributed by atoms with Crippen molar-refractivity contribution in [2.24, 2.45) is 0 Å². The van der Waals surface area contributed by atoms with Crippen LogP contribution < -0.4 is 0 Å². The van der Waals surface area contributed by atoms with Crippen molar-refractivity contribution in [2.75, 3.05) is 6.61 Å². The van der Waals surface area contributed by atoms with Gasteiger partial charge in [0, 0.05) is 6.61 Å². The predicted octanol–water partition coefficient (Wildman–Crippen LogP) is 3.72. The van der Waals surface area contributed by atoms with E-state index >= 15 is 0 Å². The van der Waals surface area contributed by atoms with E-state index in [1.165, 1.54) is 24.8 Å². The van der Waals surface area contributed by atoms with Crippen molar-refractivity contribution >= 4 is 0 Å². The largest absolute Gasteiger partial charge is 0.390 e. The minimum absolute atomic E-state index is 0.0658. The number of aliphatic hydroxyl groups excluding tert-OH is 1. The van der Waals surface area contributed by atoms with Crippen molar-refractivity contribution in [2.45, 2.75) is 63.6 Å². The molecule has 1 aromatic carbocycles. The molecule has 0 saturated heterocycles. The maximum absolute atomic E-state index is 10.1. The molecule has 1 aromatic rings. The Kier molecular flexibility index (Phi) is 6.38. The predicted molar refractivity (Wildman–Crippen MR) is 78.2 cm³/mol. The molecule has 1 N–H and O–H groups in total. The summed E-state index contributed by atoms with van der Waals surface area (Å²) in [6, 6.07) is 10.5. The van der Waals surface area contributed by atoms with Crippen molar-refractivity contribution in [1.82, 2.24) is 0 Å². The normalized spacial score (nSPS) is 24.7. The first kappa shape index (κ1) is 14.5. The average Bonchev–Trinajstić information content (AvgIpc) is 2.43. The van der Waals surface area contributed by atoms with E-state index in [0.717, 1.165) is 38.7 Å². The summed E-state index contributed by atoms with van der Waals surface area (Å²) in [5.74, 6) is 0. The molecule has 0 bridgehead atoms. The molecule has 1 aliphatic rings. The highest BCUT2D eigenvalue weighted by atomic mass is 16.5. The molecule has 0 aromatic heterocycles. The van der Waals surface area contributed by atoms with Gasteiger partial charge in [-0.3, -0.25) is 0 Å². The summed E-state index contributed by atoms with van der Waals surface area (Å²) in [6.07, 6.45) is 8.72. The van der Waals surface area contributed by atoms with Gasteiger partial charge in [-0.05, 0) is 31.2 Å². The molecule has 1 saturated carbocycles. The Hall–Kier alpha value is -0.860. The van der Waals surface area contributed by atoms with Crippen LogP contribution in [0.5, 0.6) is 0 Å². The van der Waals surface area contributed by atoms with Gasteiger partial charge in [0.2, 0.25) is 0 Å². The second kappa shape index (κ2) is 8.34. The Morgan fingerprint density at radius 3 is 2.53 bits per heavy atom. The van der Waals surface area contributed by atoms with Crippen LogP contribution in [0, 0.1) is 0 Å². The van der Waals surface area contributed by atoms with Crippen LogP contribution in [0.3, 0.4) is 0 Å². The Morgan fingerprint density at radius 2 is 1.74 bits per heavy atom. The minimum atomic E-state index is -0.253. The zero-order valence-electron chi connectivity index (χ0n) is 11.8. The lowest BCUT2D eigenvalue weighted by molar-refractivity contribution is -0.0498. The SMILES string of the molecule is OC1CCCCCCC1OCCCc1ccccc1. The van der Waals surface area contributed by atoms with Crippen LogP contribution in [0.25, 0.3) is 0 Å². The molecule has 106 valence electrons. The number of hydrogen-bond donors (Lipinski definition) is 1. The van der Waals surface area contributed by atoms with Gasteiger partial charge in [-0.25, -0.2) is 0 Å². The fraction of sp³-hybridized carbons (Fsp3) is 0.647. The Bertz CT molecular complexity index is 336. The van der Waals surface area contributed by atoms with Gasteiger partial charge in [0.05, 0.1) is 12.2 Å². The zero-order chi connectivity index (χ0) is 13.3. The van der Waals surface area contributed by atoms with E-state index in [1.807, 2.05) is 6.07 Å². The molecule has 0 amide bonds. The second-order valence-corrected chi connectivity index (χ2v) is 5.56. The summed E-state index contributed by atoms with van der Waals surface area (Å²) in [6.45, 7) is 0.761. The van der Waals surface area contributed by atoms with Crippen LogP contribution in [-0.4, -0.2) is 23.9 Å². The van der Waals surface area contributed by atoms with Gasteiger partial charge in [0.25, 0.3) is 0 Å². The van der Waals surface area contributed by atoms with Gasteiger partial charge in [-0.15, -0.1) is 0 Å². The van der Waals surface area contributed by atoms with Gasteiger partial charge in [-0.1, -0.05) is 56.0 Å². The molecular weight excluding hydrogens is 236 g/mol. The highest BCUT2D eigenvalue weighted by Crippen LogP contribution is 2.20. The molecule has 2 atom stereocenters. The molecule has 0 spiro atoms. The molecule has 1 aliphatic carbocycles. The summed E-state index contributed by atoms with van der Waals surface area (Å²) in [5.41, 5.74) is 1.37. The number of aryl methyl sites for hydroxylation is 1. The van der Waals surface area contributed by atoms with Gasteiger partial charge in [0.1, 0.15) is 0 Å². The second-order valence-electron chi connectivity index (χ2n) is 5.56. The van der Waals surface area contributed by atoms with E-state index in [-0.39, 0.29) is 12.2 Å². The van der Waals surface area contributed by atoms with Gasteiger partial charge < -0.3 is 9.84 Å². The summed E-state index contributed by atoms with van der Waals surface area (Å²) in [4.78, 5) is 0. The molecule has 0 radical (unpaired) electrons. The third kappa shape index (κ3) is 5.33. The maximum atomic E-state index is 10.1. The van der Waals surface area contributed by atoms with Gasteiger partial charge in [0.15, 0.2) is 0 Å². The molecule has 0 heterocycles. The van der Waals surface area contributed by atoms with Crippen LogP contribution in [-0.2, 0) is 11.2 Å². The smallest absolute Gasteiger partial charge is 0.0833 e. The molecule has 2 unspecified atom stereocenters. The maximum Gasteiger partial charge on any atom is 0.0833 e. The molecule has 1 fully saturated rings. The first-order chi connectivity index (χ1) is 9.36. The third-order valence-corrected chi connectivity index (χ3v) is 3.95. The van der Waals surface area contributed by atoms with Crippen molar-refractivity contribution < 1.29 is 9.84 Å². The highest BCUT2D eigenvalue weighted by Gasteiger charge is 2.20. The van der Waals surface area contributed by atoms with Gasteiger partial charge >= 0.3 is 0 Å². The monoisotopic (exact) mass is 262 g/mol. The summed E-state index contributed by atoms with van der Waals surface area (Å²) in [7, 11) is 0. The fourth-order valence-electron chi connectivity index (χ4n) is 2.78. The molecule has 2 heteroatoms. The van der Waals surface area contributed by atoms with E-state index < -0.39 is 0 Å². The average molecular weight is 262 g/mol. The quantitative estimate of drug-likeness (QED) is 0.820. The number of hydrogen-bond acceptors (Lipinski definition) is 2. The van der Waals surface area contributed by atoms with Crippen LogP contribution in [0.15, 0.2) is 30.3 Å². The number of ether oxygens (including phenoxy) is 1. The molecule has 0 aliphatic heterocycles. The van der Waals surface area contributed by atoms with Crippen LogP contribution in [0.4, 0.5) is 0 Å². The fourth-order valence-corrected chi connectivity index (χ4v) is 2.78. The molecule has 2 rings (SSSR count). The van der Waals surface area contributed by atoms with Crippen LogP contribution >= 0.6 is 0 Å².